The van der Waals surface area contributed by atoms with Gasteiger partial charge in [-0.1, -0.05) is 25.3 Å². The van der Waals surface area contributed by atoms with E-state index in [1.807, 2.05) is 13.8 Å². The number of carboxylic acids is 2. The molecule has 1 heterocycles. The number of anilines is 1. The summed E-state index contributed by atoms with van der Waals surface area (Å²) in [6, 6.07) is 8.23. The van der Waals surface area contributed by atoms with Crippen molar-refractivity contribution >= 4 is 51.5 Å². The molecule has 1 amide bonds. The lowest BCUT2D eigenvalue weighted by molar-refractivity contribution is -0.131. The van der Waals surface area contributed by atoms with Gasteiger partial charge in [0.2, 0.25) is 5.91 Å². The predicted molar refractivity (Wildman–Crippen MR) is 127 cm³/mol. The molecule has 0 spiro atoms. The predicted octanol–water partition coefficient (Wildman–Crippen LogP) is 5.70. The van der Waals surface area contributed by atoms with E-state index in [2.05, 4.69) is 0 Å². The van der Waals surface area contributed by atoms with Crippen LogP contribution < -0.4 is 4.90 Å². The minimum absolute atomic E-state index is 0.0189. The van der Waals surface area contributed by atoms with E-state index in [0.29, 0.717) is 27.8 Å². The molecule has 33 heavy (non-hydrogen) atoms. The molecule has 2 aromatic carbocycles. The molecule has 0 atom stereocenters. The van der Waals surface area contributed by atoms with E-state index < -0.39 is 11.9 Å². The highest BCUT2D eigenvalue weighted by Gasteiger charge is 2.31. The number of furan rings is 1. The standard InChI is InChI=1S/C26H27NO6/c1-15(2)27(25(30)17-6-4-3-5-7-17)21-13-19-18-12-16(9-11-24(28)29)8-10-22(18)33-23(19)14-20(21)26(31)32/h8-15,17H,3-7H2,1-2H3,(H,28,29)(H,31,32)/b11-9+. The molecule has 0 aliphatic heterocycles. The van der Waals surface area contributed by atoms with Crippen LogP contribution in [0.2, 0.25) is 0 Å². The Balaban J connectivity index is 1.89. The van der Waals surface area contributed by atoms with Gasteiger partial charge in [-0.15, -0.1) is 0 Å². The zero-order valence-corrected chi connectivity index (χ0v) is 18.7. The van der Waals surface area contributed by atoms with Gasteiger partial charge in [0, 0.05) is 28.8 Å². The van der Waals surface area contributed by atoms with Crippen molar-refractivity contribution in [2.45, 2.75) is 52.0 Å². The summed E-state index contributed by atoms with van der Waals surface area (Å²) in [7, 11) is 0. The maximum absolute atomic E-state index is 13.5. The van der Waals surface area contributed by atoms with Crippen molar-refractivity contribution in [2.24, 2.45) is 5.92 Å². The Morgan fingerprint density at radius 2 is 1.70 bits per heavy atom. The number of nitrogens with zero attached hydrogens (tertiary/aromatic N) is 1. The largest absolute Gasteiger partial charge is 0.478 e. The first-order chi connectivity index (χ1) is 15.8. The van der Waals surface area contributed by atoms with Crippen LogP contribution in [0.15, 0.2) is 40.8 Å². The normalized spacial score (nSPS) is 15.0. The van der Waals surface area contributed by atoms with E-state index in [0.717, 1.165) is 43.6 Å². The van der Waals surface area contributed by atoms with Crippen LogP contribution in [0.25, 0.3) is 28.0 Å². The SMILES string of the molecule is CC(C)N(C(=O)C1CCCCC1)c1cc2c(cc1C(=O)O)oc1ccc(/C=C/C(=O)O)cc12. The van der Waals surface area contributed by atoms with Gasteiger partial charge >= 0.3 is 11.9 Å². The van der Waals surface area contributed by atoms with Gasteiger partial charge in [0.05, 0.1) is 11.3 Å². The van der Waals surface area contributed by atoms with E-state index in [1.165, 1.54) is 12.1 Å². The first-order valence-corrected chi connectivity index (χ1v) is 11.2. The lowest BCUT2D eigenvalue weighted by Gasteiger charge is -2.33. The fraction of sp³-hybridized carbons (Fsp3) is 0.346. The Morgan fingerprint density at radius 3 is 2.33 bits per heavy atom. The van der Waals surface area contributed by atoms with Crippen molar-refractivity contribution in [1.29, 1.82) is 0 Å². The summed E-state index contributed by atoms with van der Waals surface area (Å²) < 4.78 is 5.89. The smallest absolute Gasteiger partial charge is 0.337 e. The molecule has 1 aromatic heterocycles. The fourth-order valence-electron chi connectivity index (χ4n) is 4.67. The number of hydrogen-bond donors (Lipinski definition) is 2. The molecular weight excluding hydrogens is 422 g/mol. The van der Waals surface area contributed by atoms with Crippen LogP contribution in [0.1, 0.15) is 61.9 Å². The van der Waals surface area contributed by atoms with Gasteiger partial charge < -0.3 is 19.5 Å². The quantitative estimate of drug-likeness (QED) is 0.467. The Labute approximate surface area is 191 Å². The van der Waals surface area contributed by atoms with Gasteiger partial charge in [-0.05, 0) is 62.6 Å². The van der Waals surface area contributed by atoms with Crippen molar-refractivity contribution in [3.63, 3.8) is 0 Å². The van der Waals surface area contributed by atoms with Crippen LogP contribution in [0.3, 0.4) is 0 Å². The third kappa shape index (κ3) is 4.49. The van der Waals surface area contributed by atoms with Crippen molar-refractivity contribution in [3.05, 3.63) is 47.5 Å². The summed E-state index contributed by atoms with van der Waals surface area (Å²) in [6.45, 7) is 3.78. The van der Waals surface area contributed by atoms with Crippen LogP contribution >= 0.6 is 0 Å². The molecule has 0 saturated heterocycles. The third-order valence-electron chi connectivity index (χ3n) is 6.23. The third-order valence-corrected chi connectivity index (χ3v) is 6.23. The second-order valence-electron chi connectivity index (χ2n) is 8.84. The molecule has 172 valence electrons. The summed E-state index contributed by atoms with van der Waals surface area (Å²) in [5, 5.41) is 20.3. The summed E-state index contributed by atoms with van der Waals surface area (Å²) >= 11 is 0. The number of carboxylic acid groups (broad SMARTS) is 2. The van der Waals surface area contributed by atoms with Gasteiger partial charge in [0.1, 0.15) is 11.2 Å². The Hall–Kier alpha value is -3.61. The Morgan fingerprint density at radius 1 is 1.00 bits per heavy atom. The Bertz CT molecular complexity index is 1260. The molecule has 0 unspecified atom stereocenters. The lowest BCUT2D eigenvalue weighted by Crippen LogP contribution is -2.42. The molecule has 7 heteroatoms. The summed E-state index contributed by atoms with van der Waals surface area (Å²) in [5.74, 6) is -2.31. The molecule has 7 nitrogen and oxygen atoms in total. The zero-order valence-electron chi connectivity index (χ0n) is 18.7. The molecule has 1 saturated carbocycles. The second-order valence-corrected chi connectivity index (χ2v) is 8.84. The van der Waals surface area contributed by atoms with Gasteiger partial charge in [-0.25, -0.2) is 9.59 Å². The molecule has 4 rings (SSSR count). The van der Waals surface area contributed by atoms with Crippen molar-refractivity contribution < 1.29 is 29.0 Å². The average Bonchev–Trinajstić information content (AvgIpc) is 3.14. The van der Waals surface area contributed by atoms with Gasteiger partial charge in [-0.3, -0.25) is 4.79 Å². The molecule has 1 aliphatic rings. The fourth-order valence-corrected chi connectivity index (χ4v) is 4.67. The maximum atomic E-state index is 13.5. The van der Waals surface area contributed by atoms with Gasteiger partial charge in [0.25, 0.3) is 0 Å². The number of fused-ring (bicyclic) bond motifs is 3. The van der Waals surface area contributed by atoms with Crippen LogP contribution in [-0.2, 0) is 9.59 Å². The van der Waals surface area contributed by atoms with Crippen LogP contribution in [0, 0.1) is 5.92 Å². The monoisotopic (exact) mass is 449 g/mol. The second kappa shape index (κ2) is 9.10. The molecule has 3 aromatic rings. The summed E-state index contributed by atoms with van der Waals surface area (Å²) in [6.07, 6.45) is 7.32. The van der Waals surface area contributed by atoms with E-state index >= 15 is 0 Å². The number of amides is 1. The number of rotatable bonds is 6. The first-order valence-electron chi connectivity index (χ1n) is 11.2. The number of hydrogen-bond acceptors (Lipinski definition) is 4. The highest BCUT2D eigenvalue weighted by Crippen LogP contribution is 2.37. The molecule has 1 aliphatic carbocycles. The van der Waals surface area contributed by atoms with Crippen molar-refractivity contribution in [3.8, 4) is 0 Å². The number of aromatic carboxylic acids is 1. The topological polar surface area (TPSA) is 108 Å². The van der Waals surface area contributed by atoms with E-state index in [1.54, 1.807) is 29.2 Å². The minimum atomic E-state index is -1.13. The van der Waals surface area contributed by atoms with Gasteiger partial charge in [0.15, 0.2) is 0 Å². The first kappa shape index (κ1) is 22.6. The molecule has 2 N–H and O–H groups in total. The number of carbonyl (C=O) groups excluding carboxylic acids is 1. The highest BCUT2D eigenvalue weighted by atomic mass is 16.4. The maximum Gasteiger partial charge on any atom is 0.337 e. The molecular formula is C26H27NO6. The van der Waals surface area contributed by atoms with Gasteiger partial charge in [-0.2, -0.15) is 0 Å². The Kier molecular flexibility index (Phi) is 6.22. The average molecular weight is 450 g/mol. The van der Waals surface area contributed by atoms with Crippen LogP contribution in [-0.4, -0.2) is 34.1 Å². The van der Waals surface area contributed by atoms with E-state index in [9.17, 15) is 19.5 Å². The van der Waals surface area contributed by atoms with Crippen molar-refractivity contribution in [2.75, 3.05) is 4.90 Å². The summed E-state index contributed by atoms with van der Waals surface area (Å²) in [5.41, 5.74) is 2.01. The van der Waals surface area contributed by atoms with Crippen molar-refractivity contribution in [1.82, 2.24) is 0 Å². The van der Waals surface area contributed by atoms with Crippen LogP contribution in [0.5, 0.6) is 0 Å². The lowest BCUT2D eigenvalue weighted by atomic mass is 9.87. The number of aliphatic carboxylic acids is 1. The molecule has 0 bridgehead atoms. The number of carbonyl (C=O) groups is 3. The summed E-state index contributed by atoms with van der Waals surface area (Å²) in [4.78, 5) is 38.2. The molecule has 0 radical (unpaired) electrons. The molecule has 1 fully saturated rings. The van der Waals surface area contributed by atoms with E-state index in [4.69, 9.17) is 9.52 Å². The van der Waals surface area contributed by atoms with E-state index in [-0.39, 0.29) is 23.4 Å². The van der Waals surface area contributed by atoms with Crippen LogP contribution in [0.4, 0.5) is 5.69 Å². The zero-order chi connectivity index (χ0) is 23.7. The number of benzene rings is 2. The highest BCUT2D eigenvalue weighted by molar-refractivity contribution is 6.12. The minimum Gasteiger partial charge on any atom is -0.478 e.